The summed E-state index contributed by atoms with van der Waals surface area (Å²) in [5.74, 6) is 0.507. The number of nitrogens with zero attached hydrogens (tertiary/aromatic N) is 2. The van der Waals surface area contributed by atoms with Gasteiger partial charge in [0.15, 0.2) is 0 Å². The van der Waals surface area contributed by atoms with E-state index in [1.54, 1.807) is 55.6 Å². The number of para-hydroxylation sites is 2. The van der Waals surface area contributed by atoms with E-state index in [2.05, 4.69) is 5.32 Å². The van der Waals surface area contributed by atoms with Gasteiger partial charge in [0.25, 0.3) is 10.0 Å². The lowest BCUT2D eigenvalue weighted by atomic mass is 10.1. The predicted molar refractivity (Wildman–Crippen MR) is 166 cm³/mol. The molecular formula is C32H41N3O7S. The molecule has 1 N–H and O–H groups in total. The Morgan fingerprint density at radius 3 is 1.91 bits per heavy atom. The number of anilines is 1. The fourth-order valence-corrected chi connectivity index (χ4v) is 5.95. The quantitative estimate of drug-likeness (QED) is 0.300. The van der Waals surface area contributed by atoms with E-state index >= 15 is 0 Å². The summed E-state index contributed by atoms with van der Waals surface area (Å²) in [6.07, 6.45) is 0.309. The summed E-state index contributed by atoms with van der Waals surface area (Å²) in [6.45, 7) is 6.88. The minimum absolute atomic E-state index is 0.0359. The number of benzene rings is 3. The first-order chi connectivity index (χ1) is 20.3. The lowest BCUT2D eigenvalue weighted by Crippen LogP contribution is -2.55. The fraction of sp³-hybridized carbons (Fsp3) is 0.375. The monoisotopic (exact) mass is 611 g/mol. The fourth-order valence-electron chi connectivity index (χ4n) is 4.52. The molecule has 0 bridgehead atoms. The van der Waals surface area contributed by atoms with E-state index in [0.29, 0.717) is 17.9 Å². The Hall–Kier alpha value is -4.25. The van der Waals surface area contributed by atoms with Crippen molar-refractivity contribution in [2.45, 2.75) is 57.1 Å². The Bertz CT molecular complexity index is 1480. The van der Waals surface area contributed by atoms with E-state index in [1.807, 2.05) is 27.7 Å². The molecule has 0 fully saturated rings. The van der Waals surface area contributed by atoms with Crippen LogP contribution in [0.2, 0.25) is 0 Å². The smallest absolute Gasteiger partial charge is 0.264 e. The maximum absolute atomic E-state index is 14.3. The molecule has 11 heteroatoms. The zero-order valence-electron chi connectivity index (χ0n) is 25.8. The molecule has 0 spiro atoms. The lowest BCUT2D eigenvalue weighted by Gasteiger charge is -2.35. The molecule has 0 aliphatic carbocycles. The van der Waals surface area contributed by atoms with Gasteiger partial charge in [0.05, 0.1) is 31.9 Å². The van der Waals surface area contributed by atoms with Gasteiger partial charge >= 0.3 is 0 Å². The first-order valence-corrected chi connectivity index (χ1v) is 15.3. The molecule has 0 heterocycles. The van der Waals surface area contributed by atoms with Crippen molar-refractivity contribution in [3.05, 3.63) is 78.4 Å². The number of ether oxygens (including phenoxy) is 3. The summed E-state index contributed by atoms with van der Waals surface area (Å²) in [7, 11) is 0.206. The van der Waals surface area contributed by atoms with Gasteiger partial charge in [-0.3, -0.25) is 13.9 Å². The van der Waals surface area contributed by atoms with Gasteiger partial charge in [0.2, 0.25) is 11.8 Å². The molecule has 0 radical (unpaired) electrons. The van der Waals surface area contributed by atoms with Gasteiger partial charge in [-0.15, -0.1) is 0 Å². The average Bonchev–Trinajstić information content (AvgIpc) is 2.99. The van der Waals surface area contributed by atoms with Gasteiger partial charge in [-0.05, 0) is 81.3 Å². The van der Waals surface area contributed by atoms with Crippen molar-refractivity contribution in [1.29, 1.82) is 0 Å². The van der Waals surface area contributed by atoms with Gasteiger partial charge < -0.3 is 24.4 Å². The lowest BCUT2D eigenvalue weighted by molar-refractivity contribution is -0.141. The molecule has 0 aliphatic rings. The molecule has 0 saturated heterocycles. The van der Waals surface area contributed by atoms with Crippen molar-refractivity contribution in [1.82, 2.24) is 10.2 Å². The van der Waals surface area contributed by atoms with E-state index in [-0.39, 0.29) is 28.8 Å². The Kier molecular flexibility index (Phi) is 11.0. The van der Waals surface area contributed by atoms with Crippen molar-refractivity contribution < 1.29 is 32.2 Å². The number of sulfonamides is 1. The van der Waals surface area contributed by atoms with Crippen molar-refractivity contribution in [3.8, 4) is 17.2 Å². The maximum Gasteiger partial charge on any atom is 0.264 e. The highest BCUT2D eigenvalue weighted by Crippen LogP contribution is 2.33. The van der Waals surface area contributed by atoms with Crippen molar-refractivity contribution in [3.63, 3.8) is 0 Å². The van der Waals surface area contributed by atoms with Crippen molar-refractivity contribution in [2.24, 2.45) is 0 Å². The number of carbonyl (C=O) groups is 2. The van der Waals surface area contributed by atoms with Gasteiger partial charge in [0.1, 0.15) is 29.8 Å². The van der Waals surface area contributed by atoms with Crippen LogP contribution in [0, 0.1) is 0 Å². The third kappa shape index (κ3) is 8.41. The van der Waals surface area contributed by atoms with Gasteiger partial charge in [-0.1, -0.05) is 31.2 Å². The van der Waals surface area contributed by atoms with Crippen LogP contribution in [0.1, 0.15) is 39.7 Å². The van der Waals surface area contributed by atoms with Crippen LogP contribution < -0.4 is 23.8 Å². The number of hydrogen-bond donors (Lipinski definition) is 1. The highest BCUT2D eigenvalue weighted by molar-refractivity contribution is 7.92. The summed E-state index contributed by atoms with van der Waals surface area (Å²) in [6, 6.07) is 18.8. The molecule has 0 aromatic heterocycles. The highest BCUT2D eigenvalue weighted by Gasteiger charge is 2.35. The summed E-state index contributed by atoms with van der Waals surface area (Å²) < 4.78 is 45.2. The number of nitrogens with one attached hydrogen (secondary N) is 1. The van der Waals surface area contributed by atoms with E-state index in [4.69, 9.17) is 14.2 Å². The summed E-state index contributed by atoms with van der Waals surface area (Å²) >= 11 is 0. The van der Waals surface area contributed by atoms with Crippen LogP contribution in [0.5, 0.6) is 17.2 Å². The van der Waals surface area contributed by atoms with Gasteiger partial charge in [-0.2, -0.15) is 0 Å². The van der Waals surface area contributed by atoms with Crippen LogP contribution in [-0.4, -0.2) is 64.6 Å². The van der Waals surface area contributed by atoms with Crippen LogP contribution >= 0.6 is 0 Å². The summed E-state index contributed by atoms with van der Waals surface area (Å²) in [5.41, 5.74) is 0.393. The molecule has 232 valence electrons. The maximum atomic E-state index is 14.3. The molecule has 43 heavy (non-hydrogen) atoms. The number of rotatable bonds is 13. The molecule has 3 aromatic carbocycles. The van der Waals surface area contributed by atoms with E-state index < -0.39 is 34.1 Å². The molecule has 1 atom stereocenters. The SMILES string of the molecule is CC[C@H](C(=O)NC(C)(C)C)N(Cc1ccc(OC)cc1)C(=O)CN(c1ccccc1OC)S(=O)(=O)c1ccc(OC)cc1. The number of amides is 2. The molecule has 3 aromatic rings. The Balaban J connectivity index is 2.10. The molecular weight excluding hydrogens is 570 g/mol. The summed E-state index contributed by atoms with van der Waals surface area (Å²) in [4.78, 5) is 29.1. The molecule has 10 nitrogen and oxygen atoms in total. The van der Waals surface area contributed by atoms with E-state index in [9.17, 15) is 18.0 Å². The second-order valence-electron chi connectivity index (χ2n) is 10.9. The number of hydrogen-bond acceptors (Lipinski definition) is 7. The minimum Gasteiger partial charge on any atom is -0.497 e. The Morgan fingerprint density at radius 2 is 1.40 bits per heavy atom. The van der Waals surface area contributed by atoms with Crippen molar-refractivity contribution >= 4 is 27.5 Å². The predicted octanol–water partition coefficient (Wildman–Crippen LogP) is 4.63. The molecule has 0 saturated carbocycles. The van der Waals surface area contributed by atoms with Gasteiger partial charge in [0, 0.05) is 12.1 Å². The zero-order chi connectivity index (χ0) is 31.8. The largest absolute Gasteiger partial charge is 0.497 e. The topological polar surface area (TPSA) is 114 Å². The third-order valence-corrected chi connectivity index (χ3v) is 8.45. The van der Waals surface area contributed by atoms with Crippen molar-refractivity contribution in [2.75, 3.05) is 32.2 Å². The van der Waals surface area contributed by atoms with Gasteiger partial charge in [-0.25, -0.2) is 8.42 Å². The second-order valence-corrected chi connectivity index (χ2v) is 12.8. The third-order valence-electron chi connectivity index (χ3n) is 6.68. The van der Waals surface area contributed by atoms with Crippen LogP contribution in [0.4, 0.5) is 5.69 Å². The molecule has 0 unspecified atom stereocenters. The first-order valence-electron chi connectivity index (χ1n) is 13.9. The first kappa shape index (κ1) is 33.3. The second kappa shape index (κ2) is 14.3. The van der Waals surface area contributed by atoms with Crippen LogP contribution in [-0.2, 0) is 26.2 Å². The number of methoxy groups -OCH3 is 3. The molecule has 2 amide bonds. The van der Waals surface area contributed by atoms with Crippen LogP contribution in [0.15, 0.2) is 77.7 Å². The minimum atomic E-state index is -4.27. The normalized spacial score (nSPS) is 12.2. The van der Waals surface area contributed by atoms with Crippen LogP contribution in [0.3, 0.4) is 0 Å². The molecule has 3 rings (SSSR count). The van der Waals surface area contributed by atoms with E-state index in [0.717, 1.165) is 9.87 Å². The summed E-state index contributed by atoms with van der Waals surface area (Å²) in [5, 5.41) is 2.96. The molecule has 0 aliphatic heterocycles. The van der Waals surface area contributed by atoms with E-state index in [1.165, 1.54) is 43.4 Å². The Labute approximate surface area is 254 Å². The highest BCUT2D eigenvalue weighted by atomic mass is 32.2. The zero-order valence-corrected chi connectivity index (χ0v) is 26.6. The van der Waals surface area contributed by atoms with Crippen LogP contribution in [0.25, 0.3) is 0 Å². The Morgan fingerprint density at radius 1 is 0.837 bits per heavy atom. The number of carbonyl (C=O) groups excluding carboxylic acids is 2. The average molecular weight is 612 g/mol. The standard InChI is InChI=1S/C32H41N3O7S/c1-8-27(31(37)33-32(2,3)4)34(21-23-13-15-24(40-5)16-14-23)30(36)22-35(28-11-9-10-12-29(28)42-7)43(38,39)26-19-17-25(41-6)18-20-26/h9-20,27H,8,21-22H2,1-7H3,(H,33,37)/t27-/m1/s1.